The molecule has 2 N–H and O–H groups in total. The van der Waals surface area contributed by atoms with Crippen LogP contribution in [0.3, 0.4) is 0 Å². The number of amides is 2. The van der Waals surface area contributed by atoms with Crippen molar-refractivity contribution in [2.45, 2.75) is 39.2 Å². The smallest absolute Gasteiger partial charge is 0.234 e. The van der Waals surface area contributed by atoms with Gasteiger partial charge in [0.2, 0.25) is 11.8 Å². The SMILES string of the molecule is CCC(C)NC(=O)CN1CCN(C(=O)CCc2c[nH]c3ccccc23)CC1. The Labute approximate surface area is 160 Å². The predicted octanol–water partition coefficient (Wildman–Crippen LogP) is 2.16. The van der Waals surface area contributed by atoms with Crippen molar-refractivity contribution in [3.05, 3.63) is 36.0 Å². The number of benzene rings is 1. The second kappa shape index (κ2) is 9.04. The highest BCUT2D eigenvalue weighted by Gasteiger charge is 2.22. The molecule has 146 valence electrons. The summed E-state index contributed by atoms with van der Waals surface area (Å²) in [5, 5.41) is 4.19. The average molecular weight is 370 g/mol. The molecular weight excluding hydrogens is 340 g/mol. The highest BCUT2D eigenvalue weighted by Crippen LogP contribution is 2.19. The summed E-state index contributed by atoms with van der Waals surface area (Å²) in [4.78, 5) is 31.9. The summed E-state index contributed by atoms with van der Waals surface area (Å²) in [7, 11) is 0. The second-order valence-electron chi connectivity index (χ2n) is 7.39. The summed E-state index contributed by atoms with van der Waals surface area (Å²) in [5.74, 6) is 0.271. The summed E-state index contributed by atoms with van der Waals surface area (Å²) in [5.41, 5.74) is 2.31. The van der Waals surface area contributed by atoms with Gasteiger partial charge < -0.3 is 15.2 Å². The van der Waals surface area contributed by atoms with Crippen molar-refractivity contribution in [1.82, 2.24) is 20.1 Å². The van der Waals surface area contributed by atoms with Crippen molar-refractivity contribution in [2.75, 3.05) is 32.7 Å². The summed E-state index contributed by atoms with van der Waals surface area (Å²) >= 11 is 0. The number of hydrogen-bond acceptors (Lipinski definition) is 3. The van der Waals surface area contributed by atoms with Crippen LogP contribution in [0.1, 0.15) is 32.3 Å². The summed E-state index contributed by atoms with van der Waals surface area (Å²) in [6, 6.07) is 8.39. The van der Waals surface area contributed by atoms with E-state index < -0.39 is 0 Å². The van der Waals surface area contributed by atoms with Crippen molar-refractivity contribution in [3.63, 3.8) is 0 Å². The molecule has 2 amide bonds. The Morgan fingerprint density at radius 3 is 2.67 bits per heavy atom. The number of piperazine rings is 1. The molecule has 1 atom stereocenters. The zero-order valence-corrected chi connectivity index (χ0v) is 16.3. The molecule has 1 aliphatic heterocycles. The average Bonchev–Trinajstić information content (AvgIpc) is 3.09. The zero-order chi connectivity index (χ0) is 19.2. The van der Waals surface area contributed by atoms with E-state index in [-0.39, 0.29) is 17.9 Å². The van der Waals surface area contributed by atoms with Gasteiger partial charge in [-0.25, -0.2) is 0 Å². The van der Waals surface area contributed by atoms with E-state index in [1.54, 1.807) is 0 Å². The first kappa shape index (κ1) is 19.4. The first-order valence-corrected chi connectivity index (χ1v) is 9.91. The molecule has 1 saturated heterocycles. The van der Waals surface area contributed by atoms with Crippen LogP contribution in [0.25, 0.3) is 10.9 Å². The van der Waals surface area contributed by atoms with E-state index >= 15 is 0 Å². The molecule has 6 nitrogen and oxygen atoms in total. The maximum atomic E-state index is 12.6. The highest BCUT2D eigenvalue weighted by atomic mass is 16.2. The Hall–Kier alpha value is -2.34. The van der Waals surface area contributed by atoms with E-state index in [1.807, 2.05) is 30.2 Å². The van der Waals surface area contributed by atoms with Crippen molar-refractivity contribution in [3.8, 4) is 0 Å². The van der Waals surface area contributed by atoms with Crippen LogP contribution in [0.4, 0.5) is 0 Å². The lowest BCUT2D eigenvalue weighted by Crippen LogP contribution is -2.51. The van der Waals surface area contributed by atoms with Gasteiger partial charge in [-0.2, -0.15) is 0 Å². The van der Waals surface area contributed by atoms with E-state index in [0.717, 1.165) is 31.4 Å². The fourth-order valence-electron chi connectivity index (χ4n) is 3.52. The molecule has 2 aromatic rings. The maximum absolute atomic E-state index is 12.6. The van der Waals surface area contributed by atoms with Crippen LogP contribution in [-0.2, 0) is 16.0 Å². The molecular formula is C21H30N4O2. The number of carbonyl (C=O) groups is 2. The molecule has 0 bridgehead atoms. The minimum absolute atomic E-state index is 0.0727. The Kier molecular flexibility index (Phi) is 6.50. The van der Waals surface area contributed by atoms with Crippen molar-refractivity contribution in [1.29, 1.82) is 0 Å². The van der Waals surface area contributed by atoms with Crippen LogP contribution in [0.5, 0.6) is 0 Å². The molecule has 1 aromatic heterocycles. The number of fused-ring (bicyclic) bond motifs is 1. The second-order valence-corrected chi connectivity index (χ2v) is 7.39. The molecule has 6 heteroatoms. The van der Waals surface area contributed by atoms with E-state index in [0.29, 0.717) is 26.1 Å². The number of aromatic nitrogens is 1. The van der Waals surface area contributed by atoms with Gasteiger partial charge in [-0.15, -0.1) is 0 Å². The van der Waals surface area contributed by atoms with Crippen LogP contribution >= 0.6 is 0 Å². The lowest BCUT2D eigenvalue weighted by atomic mass is 10.1. The molecule has 27 heavy (non-hydrogen) atoms. The van der Waals surface area contributed by atoms with Gasteiger partial charge in [0.25, 0.3) is 0 Å². The number of nitrogens with zero attached hydrogens (tertiary/aromatic N) is 2. The molecule has 0 spiro atoms. The van der Waals surface area contributed by atoms with E-state index in [4.69, 9.17) is 0 Å². The monoisotopic (exact) mass is 370 g/mol. The number of carbonyl (C=O) groups excluding carboxylic acids is 2. The van der Waals surface area contributed by atoms with Gasteiger partial charge in [-0.1, -0.05) is 25.1 Å². The topological polar surface area (TPSA) is 68.4 Å². The summed E-state index contributed by atoms with van der Waals surface area (Å²) < 4.78 is 0. The molecule has 1 aliphatic rings. The number of aryl methyl sites for hydroxylation is 1. The molecule has 0 saturated carbocycles. The van der Waals surface area contributed by atoms with Gasteiger partial charge in [-0.3, -0.25) is 14.5 Å². The fraction of sp³-hybridized carbons (Fsp3) is 0.524. The van der Waals surface area contributed by atoms with Gasteiger partial charge in [0.1, 0.15) is 0 Å². The molecule has 3 rings (SSSR count). The lowest BCUT2D eigenvalue weighted by Gasteiger charge is -2.34. The molecule has 1 unspecified atom stereocenters. The zero-order valence-electron chi connectivity index (χ0n) is 16.3. The Morgan fingerprint density at radius 1 is 1.19 bits per heavy atom. The van der Waals surface area contributed by atoms with Crippen LogP contribution < -0.4 is 5.32 Å². The largest absolute Gasteiger partial charge is 0.361 e. The normalized spacial score (nSPS) is 16.4. The van der Waals surface area contributed by atoms with Crippen LogP contribution in [0.2, 0.25) is 0 Å². The first-order chi connectivity index (χ1) is 13.1. The minimum Gasteiger partial charge on any atom is -0.361 e. The highest BCUT2D eigenvalue weighted by molar-refractivity contribution is 5.84. The molecule has 1 aromatic carbocycles. The first-order valence-electron chi connectivity index (χ1n) is 9.91. The number of nitrogens with one attached hydrogen (secondary N) is 2. The predicted molar refractivity (Wildman–Crippen MR) is 108 cm³/mol. The third-order valence-electron chi connectivity index (χ3n) is 5.40. The molecule has 2 heterocycles. The van der Waals surface area contributed by atoms with Gasteiger partial charge in [0.15, 0.2) is 0 Å². The minimum atomic E-state index is 0.0727. The van der Waals surface area contributed by atoms with Gasteiger partial charge in [-0.05, 0) is 31.4 Å². The Bertz CT molecular complexity index is 777. The summed E-state index contributed by atoms with van der Waals surface area (Å²) in [6.45, 7) is 7.40. The number of rotatable bonds is 7. The quantitative estimate of drug-likeness (QED) is 0.785. The lowest BCUT2D eigenvalue weighted by molar-refractivity contribution is -0.133. The van der Waals surface area contributed by atoms with Crippen molar-refractivity contribution >= 4 is 22.7 Å². The third kappa shape index (κ3) is 5.10. The standard InChI is InChI=1S/C21H30N4O2/c1-3-16(2)23-20(26)15-24-10-12-25(13-11-24)21(27)9-8-17-14-22-19-7-5-4-6-18(17)19/h4-7,14,16,22H,3,8-13,15H2,1-2H3,(H,23,26). The number of hydrogen-bond donors (Lipinski definition) is 2. The van der Waals surface area contributed by atoms with Crippen molar-refractivity contribution in [2.24, 2.45) is 0 Å². The Morgan fingerprint density at radius 2 is 1.93 bits per heavy atom. The van der Waals surface area contributed by atoms with Crippen molar-refractivity contribution < 1.29 is 9.59 Å². The third-order valence-corrected chi connectivity index (χ3v) is 5.40. The van der Waals surface area contributed by atoms with Gasteiger partial charge in [0.05, 0.1) is 6.54 Å². The number of H-pyrrole nitrogens is 1. The fourth-order valence-corrected chi connectivity index (χ4v) is 3.52. The Balaban J connectivity index is 1.43. The number of aromatic amines is 1. The van der Waals surface area contributed by atoms with E-state index in [9.17, 15) is 9.59 Å². The summed E-state index contributed by atoms with van der Waals surface area (Å²) in [6.07, 6.45) is 4.22. The van der Waals surface area contributed by atoms with Crippen LogP contribution in [0, 0.1) is 0 Å². The van der Waals surface area contributed by atoms with Gasteiger partial charge in [0, 0.05) is 55.7 Å². The van der Waals surface area contributed by atoms with Crippen LogP contribution in [-0.4, -0.2) is 65.4 Å². The molecule has 1 fully saturated rings. The molecule has 0 aliphatic carbocycles. The molecule has 0 radical (unpaired) electrons. The maximum Gasteiger partial charge on any atom is 0.234 e. The van der Waals surface area contributed by atoms with E-state index in [1.165, 1.54) is 10.9 Å². The van der Waals surface area contributed by atoms with Crippen LogP contribution in [0.15, 0.2) is 30.5 Å². The number of para-hydroxylation sites is 1. The van der Waals surface area contributed by atoms with E-state index in [2.05, 4.69) is 34.3 Å². The van der Waals surface area contributed by atoms with Gasteiger partial charge >= 0.3 is 0 Å².